The highest BCUT2D eigenvalue weighted by molar-refractivity contribution is 7.66. The highest BCUT2D eigenvalue weighted by Crippen LogP contribution is 2.66. The fourth-order valence-corrected chi connectivity index (χ4v) is 5.75. The molecule has 0 radical (unpaired) electrons. The van der Waals surface area contributed by atoms with Gasteiger partial charge in [0, 0.05) is 12.3 Å². The van der Waals surface area contributed by atoms with Gasteiger partial charge in [-0.15, -0.1) is 0 Å². The van der Waals surface area contributed by atoms with Gasteiger partial charge in [0.25, 0.3) is 11.3 Å². The fraction of sp³-hybridized carbons (Fsp3) is 0.545. The summed E-state index contributed by atoms with van der Waals surface area (Å²) in [4.78, 5) is 60.7. The molecule has 0 amide bonds. The van der Waals surface area contributed by atoms with Gasteiger partial charge in [-0.05, 0) is 6.92 Å². The molecule has 2 unspecified atom stereocenters. The van der Waals surface area contributed by atoms with Crippen molar-refractivity contribution in [3.8, 4) is 6.07 Å². The monoisotopic (exact) mass is 523 g/mol. The van der Waals surface area contributed by atoms with E-state index in [2.05, 4.69) is 13.1 Å². The van der Waals surface area contributed by atoms with Gasteiger partial charge < -0.3 is 34.5 Å². The summed E-state index contributed by atoms with van der Waals surface area (Å²) in [6.45, 7) is -0.355. The molecule has 0 saturated carbocycles. The number of nitrogens with one attached hydrogen (secondary N) is 1. The van der Waals surface area contributed by atoms with Crippen LogP contribution in [0.25, 0.3) is 0 Å². The number of hydrogen-bond acceptors (Lipinski definition) is 12. The Balaban J connectivity index is 2.28. The second kappa shape index (κ2) is 8.67. The average Bonchev–Trinajstić information content (AvgIpc) is 2.77. The number of phosphoric ester groups is 1. The molecule has 0 aliphatic carbocycles. The summed E-state index contributed by atoms with van der Waals surface area (Å²) < 4.78 is 50.8. The highest BCUT2D eigenvalue weighted by Gasteiger charge is 2.65. The number of phosphoric acid groups is 3. The van der Waals surface area contributed by atoms with Crippen molar-refractivity contribution in [3.05, 3.63) is 33.1 Å². The van der Waals surface area contributed by atoms with E-state index in [-0.39, 0.29) is 0 Å². The molecule has 180 valence electrons. The first-order valence-electron chi connectivity index (χ1n) is 7.96. The Morgan fingerprint density at radius 3 is 2.31 bits per heavy atom. The van der Waals surface area contributed by atoms with Crippen molar-refractivity contribution < 1.29 is 61.4 Å². The third-order valence-electron chi connectivity index (χ3n) is 4.07. The Hall–Kier alpha value is -1.54. The van der Waals surface area contributed by atoms with Crippen LogP contribution >= 0.6 is 23.5 Å². The summed E-state index contributed by atoms with van der Waals surface area (Å²) in [5.74, 6) is 0. The molecule has 0 aromatic carbocycles. The van der Waals surface area contributed by atoms with Gasteiger partial charge in [-0.2, -0.15) is 13.9 Å². The van der Waals surface area contributed by atoms with Crippen LogP contribution in [0.3, 0.4) is 0 Å². The molecule has 0 bridgehead atoms. The summed E-state index contributed by atoms with van der Waals surface area (Å²) in [6.07, 6.45) is -3.17. The van der Waals surface area contributed by atoms with E-state index in [1.807, 2.05) is 0 Å². The molecule has 1 fully saturated rings. The van der Waals surface area contributed by atoms with Crippen LogP contribution in [-0.2, 0) is 37.3 Å². The number of aromatic nitrogens is 2. The maximum Gasteiger partial charge on any atom is 0.490 e. The van der Waals surface area contributed by atoms with Crippen LogP contribution in [0, 0.1) is 11.3 Å². The maximum absolute atomic E-state index is 12.1. The highest BCUT2D eigenvalue weighted by atomic mass is 31.3. The zero-order valence-electron chi connectivity index (χ0n) is 15.6. The molecule has 18 nitrogen and oxygen atoms in total. The Bertz CT molecular complexity index is 1180. The van der Waals surface area contributed by atoms with Crippen LogP contribution in [0.15, 0.2) is 21.9 Å². The summed E-state index contributed by atoms with van der Waals surface area (Å²) in [7, 11) is -17.0. The molecule has 2 rings (SSSR count). The van der Waals surface area contributed by atoms with Gasteiger partial charge in [0.15, 0.2) is 5.60 Å². The van der Waals surface area contributed by atoms with Crippen molar-refractivity contribution in [1.82, 2.24) is 9.55 Å². The number of aliphatic hydroxyl groups is 2. The summed E-state index contributed by atoms with van der Waals surface area (Å²) >= 11 is 0. The van der Waals surface area contributed by atoms with Crippen molar-refractivity contribution in [1.29, 1.82) is 5.26 Å². The Labute approximate surface area is 176 Å². The zero-order chi connectivity index (χ0) is 24.8. The number of H-pyrrole nitrogens is 1. The molecule has 1 saturated heterocycles. The van der Waals surface area contributed by atoms with Crippen LogP contribution in [0.2, 0.25) is 0 Å². The van der Waals surface area contributed by atoms with Crippen LogP contribution < -0.4 is 11.2 Å². The molecule has 0 spiro atoms. The zero-order valence-corrected chi connectivity index (χ0v) is 18.3. The predicted octanol–water partition coefficient (Wildman–Crippen LogP) is -2.43. The van der Waals surface area contributed by atoms with E-state index in [0.717, 1.165) is 19.2 Å². The topological polar surface area (TPSA) is 288 Å². The lowest BCUT2D eigenvalue weighted by molar-refractivity contribution is -0.151. The number of aromatic amines is 1. The molecule has 32 heavy (non-hydrogen) atoms. The minimum atomic E-state index is -5.81. The number of rotatable bonds is 8. The molecule has 7 N–H and O–H groups in total. The van der Waals surface area contributed by atoms with Crippen molar-refractivity contribution >= 4 is 23.5 Å². The molecule has 1 aromatic rings. The SMILES string of the molecule is C[C@@]1(O)[C@H](O)[C@@H](COP(=O)(O)OP(=O)(O)OP(=O)(O)O)O[C@@]1(C#N)n1ccc(=O)[nH]c1=O. The first-order valence-corrected chi connectivity index (χ1v) is 12.5. The predicted molar refractivity (Wildman–Crippen MR) is 96.2 cm³/mol. The van der Waals surface area contributed by atoms with E-state index in [9.17, 15) is 43.7 Å². The number of aliphatic hydroxyl groups excluding tert-OH is 1. The molecular weight excluding hydrogens is 507 g/mol. The average molecular weight is 523 g/mol. The van der Waals surface area contributed by atoms with E-state index < -0.39 is 64.9 Å². The minimum absolute atomic E-state index is 0.433. The van der Waals surface area contributed by atoms with Crippen LogP contribution in [0.4, 0.5) is 0 Å². The standard InChI is InChI=1S/C11H16N3O15P3/c1-10(18)8(16)6(4-26-31(22,23)29-32(24,25)28-30(19,20)21)27-11(10,5-12)14-3-2-7(15)13-9(14)17/h2-3,6,8,16,18H,4H2,1H3,(H,22,23)(H,24,25)(H,13,15,17)(H2,19,20,21)/t6-,8-,10-,11-/m1/s1. The third kappa shape index (κ3) is 5.50. The van der Waals surface area contributed by atoms with Gasteiger partial charge in [0.2, 0.25) is 0 Å². The Kier molecular flexibility index (Phi) is 7.24. The summed E-state index contributed by atoms with van der Waals surface area (Å²) in [5, 5.41) is 30.6. The molecule has 21 heteroatoms. The van der Waals surface area contributed by atoms with E-state index in [1.54, 1.807) is 4.98 Å². The van der Waals surface area contributed by atoms with Crippen LogP contribution in [-0.4, -0.2) is 63.8 Å². The molecule has 6 atom stereocenters. The lowest BCUT2D eigenvalue weighted by atomic mass is 9.88. The minimum Gasteiger partial charge on any atom is -0.387 e. The van der Waals surface area contributed by atoms with Crippen molar-refractivity contribution in [2.75, 3.05) is 6.61 Å². The van der Waals surface area contributed by atoms with Crippen LogP contribution in [0.1, 0.15) is 6.92 Å². The van der Waals surface area contributed by atoms with Gasteiger partial charge in [0.1, 0.15) is 18.3 Å². The number of hydrogen-bond donors (Lipinski definition) is 7. The summed E-state index contributed by atoms with van der Waals surface area (Å²) in [5.41, 5.74) is -7.35. The van der Waals surface area contributed by atoms with Crippen molar-refractivity contribution in [2.45, 2.75) is 30.5 Å². The lowest BCUT2D eigenvalue weighted by Gasteiger charge is -2.34. The second-order valence-electron chi connectivity index (χ2n) is 6.37. The van der Waals surface area contributed by atoms with Gasteiger partial charge >= 0.3 is 29.2 Å². The Morgan fingerprint density at radius 2 is 1.81 bits per heavy atom. The maximum atomic E-state index is 12.1. The number of nitriles is 1. The number of nitrogens with zero attached hydrogens (tertiary/aromatic N) is 2. The molecule has 1 aromatic heterocycles. The van der Waals surface area contributed by atoms with E-state index in [1.165, 1.54) is 6.07 Å². The molecule has 2 heterocycles. The van der Waals surface area contributed by atoms with Gasteiger partial charge in [-0.25, -0.2) is 18.5 Å². The second-order valence-corrected chi connectivity index (χ2v) is 10.8. The van der Waals surface area contributed by atoms with Gasteiger partial charge in [0.05, 0.1) is 6.61 Å². The van der Waals surface area contributed by atoms with Crippen molar-refractivity contribution in [3.63, 3.8) is 0 Å². The molecule has 1 aliphatic heterocycles. The smallest absolute Gasteiger partial charge is 0.387 e. The Morgan fingerprint density at radius 1 is 1.22 bits per heavy atom. The first kappa shape index (κ1) is 26.7. The van der Waals surface area contributed by atoms with Crippen LogP contribution in [0.5, 0.6) is 0 Å². The lowest BCUT2D eigenvalue weighted by Crippen LogP contribution is -2.58. The van der Waals surface area contributed by atoms with Gasteiger partial charge in [-0.1, -0.05) is 0 Å². The van der Waals surface area contributed by atoms with E-state index >= 15 is 0 Å². The quantitative estimate of drug-likeness (QED) is 0.174. The first-order chi connectivity index (χ1) is 14.4. The number of ether oxygens (including phenoxy) is 1. The molecule has 1 aliphatic rings. The van der Waals surface area contributed by atoms with E-state index in [4.69, 9.17) is 19.4 Å². The fourth-order valence-electron chi connectivity index (χ4n) is 2.72. The van der Waals surface area contributed by atoms with Gasteiger partial charge in [-0.3, -0.25) is 18.9 Å². The molecular formula is C11H16N3O15P3. The third-order valence-corrected chi connectivity index (χ3v) is 7.87. The van der Waals surface area contributed by atoms with E-state index in [0.29, 0.717) is 4.57 Å². The summed E-state index contributed by atoms with van der Waals surface area (Å²) in [6, 6.07) is 2.26. The van der Waals surface area contributed by atoms with Crippen molar-refractivity contribution in [2.24, 2.45) is 0 Å². The largest absolute Gasteiger partial charge is 0.490 e. The normalized spacial score (nSPS) is 32.1.